The molecule has 6 nitrogen and oxygen atoms in total. The summed E-state index contributed by atoms with van der Waals surface area (Å²) in [5, 5.41) is 13.0. The first-order valence-corrected chi connectivity index (χ1v) is 10.1. The molecule has 1 aromatic heterocycles. The van der Waals surface area contributed by atoms with Crippen LogP contribution in [-0.2, 0) is 4.74 Å². The first kappa shape index (κ1) is 21.6. The second-order valence-electron chi connectivity index (χ2n) is 8.21. The van der Waals surface area contributed by atoms with Gasteiger partial charge in [0.15, 0.2) is 0 Å². The van der Waals surface area contributed by atoms with Crippen LogP contribution in [0.3, 0.4) is 0 Å². The Labute approximate surface area is 185 Å². The van der Waals surface area contributed by atoms with Crippen LogP contribution in [0.15, 0.2) is 65.2 Å². The summed E-state index contributed by atoms with van der Waals surface area (Å²) >= 11 is 0. The van der Waals surface area contributed by atoms with Gasteiger partial charge in [-0.3, -0.25) is 0 Å². The van der Waals surface area contributed by atoms with Crippen molar-refractivity contribution in [3.8, 4) is 11.4 Å². The highest BCUT2D eigenvalue weighted by atomic mass is 19.1. The lowest BCUT2D eigenvalue weighted by Gasteiger charge is -2.36. The molecule has 0 fully saturated rings. The minimum atomic E-state index is -1.33. The van der Waals surface area contributed by atoms with Crippen molar-refractivity contribution < 1.29 is 23.6 Å². The van der Waals surface area contributed by atoms with Gasteiger partial charge in [0.05, 0.1) is 12.2 Å². The molecule has 0 bridgehead atoms. The summed E-state index contributed by atoms with van der Waals surface area (Å²) in [5.74, 6) is -1.61. The minimum absolute atomic E-state index is 0.103. The number of rotatable bonds is 6. The van der Waals surface area contributed by atoms with Gasteiger partial charge in [0.25, 0.3) is 5.89 Å². The molecule has 1 heterocycles. The second kappa shape index (κ2) is 8.51. The van der Waals surface area contributed by atoms with E-state index in [9.17, 15) is 9.18 Å². The summed E-state index contributed by atoms with van der Waals surface area (Å²) in [6, 6.07) is 12.1. The van der Waals surface area contributed by atoms with Crippen LogP contribution < -0.4 is 0 Å². The number of methoxy groups -OCH3 is 1. The van der Waals surface area contributed by atoms with Gasteiger partial charge >= 0.3 is 5.97 Å². The lowest BCUT2D eigenvalue weighted by atomic mass is 9.70. The predicted molar refractivity (Wildman–Crippen MR) is 118 cm³/mol. The van der Waals surface area contributed by atoms with E-state index < -0.39 is 17.3 Å². The highest BCUT2D eigenvalue weighted by Gasteiger charge is 2.35. The Balaban J connectivity index is 1.66. The summed E-state index contributed by atoms with van der Waals surface area (Å²) < 4.78 is 25.0. The number of nitrogens with zero attached hydrogens (tertiary/aromatic N) is 2. The fourth-order valence-electron chi connectivity index (χ4n) is 4.13. The van der Waals surface area contributed by atoms with Gasteiger partial charge in [0.2, 0.25) is 5.82 Å². The molecule has 0 saturated carbocycles. The molecule has 1 aliphatic rings. The number of aryl methyl sites for hydroxylation is 1. The molecule has 32 heavy (non-hydrogen) atoms. The van der Waals surface area contributed by atoms with Crippen LogP contribution in [0, 0.1) is 18.2 Å². The van der Waals surface area contributed by atoms with Crippen molar-refractivity contribution in [1.82, 2.24) is 10.1 Å². The zero-order chi connectivity index (χ0) is 22.9. The Kier molecular flexibility index (Phi) is 5.76. The Morgan fingerprint density at radius 2 is 2.09 bits per heavy atom. The van der Waals surface area contributed by atoms with E-state index in [1.807, 2.05) is 12.1 Å². The molecule has 1 N–H and O–H groups in total. The minimum Gasteiger partial charge on any atom is -0.478 e. The van der Waals surface area contributed by atoms with Gasteiger partial charge in [-0.1, -0.05) is 60.1 Å². The molecule has 4 rings (SSSR count). The number of aromatic nitrogens is 2. The number of carbonyl (C=O) groups is 1. The molecule has 2 unspecified atom stereocenters. The quantitative estimate of drug-likeness (QED) is 0.569. The Morgan fingerprint density at radius 3 is 2.78 bits per heavy atom. The van der Waals surface area contributed by atoms with Gasteiger partial charge in [-0.2, -0.15) is 4.98 Å². The van der Waals surface area contributed by atoms with E-state index >= 15 is 0 Å². The smallest absolute Gasteiger partial charge is 0.338 e. The zero-order valence-corrected chi connectivity index (χ0v) is 18.0. The molecule has 0 spiro atoms. The largest absolute Gasteiger partial charge is 0.478 e. The standard InChI is InChI=1S/C25H23FN2O4/c1-15-5-4-6-16(11-15)20-10-8-18(13-25(20,2)14-31-3)23-27-22(28-32-23)17-7-9-19(24(29)30)21(26)12-17/h4-13,20H,14H2,1-3H3,(H,29,30). The predicted octanol–water partition coefficient (Wildman–Crippen LogP) is 5.27. The van der Waals surface area contributed by atoms with Crippen LogP contribution in [-0.4, -0.2) is 34.9 Å². The molecular formula is C25H23FN2O4. The van der Waals surface area contributed by atoms with Crippen molar-refractivity contribution in [2.75, 3.05) is 13.7 Å². The third-order valence-corrected chi connectivity index (χ3v) is 5.65. The summed E-state index contributed by atoms with van der Waals surface area (Å²) in [4.78, 5) is 15.4. The molecule has 0 amide bonds. The number of halogens is 1. The van der Waals surface area contributed by atoms with E-state index in [1.165, 1.54) is 23.3 Å². The molecule has 2 aromatic carbocycles. The van der Waals surface area contributed by atoms with E-state index in [2.05, 4.69) is 54.3 Å². The number of hydrogen-bond acceptors (Lipinski definition) is 5. The third-order valence-electron chi connectivity index (χ3n) is 5.65. The lowest BCUT2D eigenvalue weighted by Crippen LogP contribution is -2.29. The monoisotopic (exact) mass is 434 g/mol. The third kappa shape index (κ3) is 4.11. The average Bonchev–Trinajstić information content (AvgIpc) is 3.23. The number of benzene rings is 2. The SMILES string of the molecule is COCC1(C)C=C(c2nc(-c3ccc(C(=O)O)c(F)c3)no2)C=CC1c1cccc(C)c1. The molecule has 0 saturated heterocycles. The molecule has 0 radical (unpaired) electrons. The fraction of sp³-hybridized carbons (Fsp3) is 0.240. The molecule has 7 heteroatoms. The molecule has 3 aromatic rings. The Hall–Kier alpha value is -3.58. The zero-order valence-electron chi connectivity index (χ0n) is 18.0. The number of aromatic carboxylic acids is 1. The normalized spacial score (nSPS) is 20.2. The van der Waals surface area contributed by atoms with Gasteiger partial charge in [-0.25, -0.2) is 9.18 Å². The maximum atomic E-state index is 14.1. The van der Waals surface area contributed by atoms with Crippen LogP contribution in [0.5, 0.6) is 0 Å². The van der Waals surface area contributed by atoms with Gasteiger partial charge in [-0.15, -0.1) is 0 Å². The van der Waals surface area contributed by atoms with E-state index in [1.54, 1.807) is 7.11 Å². The molecule has 1 aliphatic carbocycles. The van der Waals surface area contributed by atoms with Crippen molar-refractivity contribution in [3.63, 3.8) is 0 Å². The van der Waals surface area contributed by atoms with E-state index in [4.69, 9.17) is 14.4 Å². The fourth-order valence-corrected chi connectivity index (χ4v) is 4.13. The Morgan fingerprint density at radius 1 is 1.28 bits per heavy atom. The highest BCUT2D eigenvalue weighted by molar-refractivity contribution is 5.88. The molecule has 0 aliphatic heterocycles. The molecule has 164 valence electrons. The number of allylic oxidation sites excluding steroid dienone is 3. The summed E-state index contributed by atoms with van der Waals surface area (Å²) in [5.41, 5.74) is 2.70. The van der Waals surface area contributed by atoms with E-state index in [0.717, 1.165) is 11.6 Å². The van der Waals surface area contributed by atoms with Crippen molar-refractivity contribution in [1.29, 1.82) is 0 Å². The van der Waals surface area contributed by atoms with Crippen molar-refractivity contribution in [3.05, 3.63) is 89.1 Å². The van der Waals surface area contributed by atoms with Crippen LogP contribution >= 0.6 is 0 Å². The molecular weight excluding hydrogens is 411 g/mol. The maximum absolute atomic E-state index is 14.1. The average molecular weight is 434 g/mol. The number of carboxylic acids is 1. The first-order valence-electron chi connectivity index (χ1n) is 10.1. The van der Waals surface area contributed by atoms with Crippen LogP contribution in [0.4, 0.5) is 4.39 Å². The highest BCUT2D eigenvalue weighted by Crippen LogP contribution is 2.44. The van der Waals surface area contributed by atoms with Crippen LogP contribution in [0.2, 0.25) is 0 Å². The first-order chi connectivity index (χ1) is 15.3. The van der Waals surface area contributed by atoms with Gasteiger partial charge in [0.1, 0.15) is 5.82 Å². The summed E-state index contributed by atoms with van der Waals surface area (Å²) in [7, 11) is 1.67. The maximum Gasteiger partial charge on any atom is 0.338 e. The Bertz CT molecular complexity index is 1230. The molecule has 2 atom stereocenters. The second-order valence-corrected chi connectivity index (χ2v) is 8.21. The number of carboxylic acid groups (broad SMARTS) is 1. The van der Waals surface area contributed by atoms with Crippen LogP contribution in [0.1, 0.15) is 40.2 Å². The number of hydrogen-bond donors (Lipinski definition) is 1. The van der Waals surface area contributed by atoms with Crippen molar-refractivity contribution >= 4 is 11.5 Å². The van der Waals surface area contributed by atoms with Gasteiger partial charge < -0.3 is 14.4 Å². The van der Waals surface area contributed by atoms with Gasteiger partial charge in [-0.05, 0) is 30.7 Å². The lowest BCUT2D eigenvalue weighted by molar-refractivity contribution is 0.0692. The van der Waals surface area contributed by atoms with E-state index in [0.29, 0.717) is 18.1 Å². The van der Waals surface area contributed by atoms with Crippen molar-refractivity contribution in [2.45, 2.75) is 19.8 Å². The summed E-state index contributed by atoms with van der Waals surface area (Å²) in [6.07, 6.45) is 6.11. The van der Waals surface area contributed by atoms with Gasteiger partial charge in [0, 0.05) is 29.6 Å². The van der Waals surface area contributed by atoms with Crippen LogP contribution in [0.25, 0.3) is 17.0 Å². The summed E-state index contributed by atoms with van der Waals surface area (Å²) in [6.45, 7) is 4.67. The van der Waals surface area contributed by atoms with Crippen molar-refractivity contribution in [2.24, 2.45) is 5.41 Å². The number of ether oxygens (including phenoxy) is 1. The topological polar surface area (TPSA) is 85.5 Å². The van der Waals surface area contributed by atoms with E-state index in [-0.39, 0.29) is 17.2 Å².